The van der Waals surface area contributed by atoms with Gasteiger partial charge in [0.05, 0.1) is 25.4 Å². The van der Waals surface area contributed by atoms with Crippen LogP contribution in [0.25, 0.3) is 0 Å². The standard InChI is InChI=1S/C67H131NO5/c1-3-5-7-9-11-13-15-39-43-47-51-55-59-65(70)64(63-69)68-66(71)60-56-52-48-44-40-37-35-33-31-29-27-25-23-21-19-17-18-20-22-24-26-28-30-32-34-36-38-42-46-50-54-58-62-73-67(72)61-57-53-49-45-41-16-14-12-10-8-6-4-2/h55,59,64-65,69-70H,3-54,56-58,60-63H2,1-2H3,(H,68,71)/b59-55+. The Kier molecular flexibility index (Phi) is 61.9. The molecule has 2 atom stereocenters. The predicted molar refractivity (Wildman–Crippen MR) is 320 cm³/mol. The summed E-state index contributed by atoms with van der Waals surface area (Å²) < 4.78 is 5.48. The molecular formula is C67H131NO5. The first-order valence-corrected chi connectivity index (χ1v) is 33.5. The number of hydrogen-bond acceptors (Lipinski definition) is 5. The number of carbonyl (C=O) groups is 2. The van der Waals surface area contributed by atoms with Crippen LogP contribution in [-0.2, 0) is 14.3 Å². The largest absolute Gasteiger partial charge is 0.466 e. The van der Waals surface area contributed by atoms with Crippen LogP contribution in [0.5, 0.6) is 0 Å². The Labute approximate surface area is 457 Å². The molecule has 6 nitrogen and oxygen atoms in total. The molecule has 0 aliphatic rings. The van der Waals surface area contributed by atoms with Crippen LogP contribution in [0.3, 0.4) is 0 Å². The molecule has 0 bridgehead atoms. The molecular weight excluding hydrogens is 899 g/mol. The van der Waals surface area contributed by atoms with Gasteiger partial charge in [0, 0.05) is 12.8 Å². The summed E-state index contributed by atoms with van der Waals surface area (Å²) in [7, 11) is 0. The molecule has 3 N–H and O–H groups in total. The molecule has 0 radical (unpaired) electrons. The fourth-order valence-electron chi connectivity index (χ4n) is 10.7. The van der Waals surface area contributed by atoms with E-state index in [-0.39, 0.29) is 18.5 Å². The number of aliphatic hydroxyl groups is 2. The van der Waals surface area contributed by atoms with E-state index < -0.39 is 12.1 Å². The minimum absolute atomic E-state index is 0.0222. The normalized spacial score (nSPS) is 12.5. The Bertz CT molecular complexity index is 1100. The smallest absolute Gasteiger partial charge is 0.305 e. The highest BCUT2D eigenvalue weighted by molar-refractivity contribution is 5.76. The van der Waals surface area contributed by atoms with Crippen molar-refractivity contribution in [1.29, 1.82) is 0 Å². The van der Waals surface area contributed by atoms with E-state index in [1.165, 1.54) is 315 Å². The molecule has 0 aromatic rings. The van der Waals surface area contributed by atoms with Gasteiger partial charge in [-0.1, -0.05) is 347 Å². The van der Waals surface area contributed by atoms with E-state index in [0.29, 0.717) is 19.4 Å². The van der Waals surface area contributed by atoms with Crippen LogP contribution >= 0.6 is 0 Å². The van der Waals surface area contributed by atoms with Crippen molar-refractivity contribution in [2.45, 2.75) is 392 Å². The van der Waals surface area contributed by atoms with Gasteiger partial charge in [0.1, 0.15) is 0 Å². The summed E-state index contributed by atoms with van der Waals surface area (Å²) in [5.74, 6) is -0.0400. The lowest BCUT2D eigenvalue weighted by Gasteiger charge is -2.20. The van der Waals surface area contributed by atoms with Gasteiger partial charge in [0.2, 0.25) is 5.91 Å². The number of esters is 1. The van der Waals surface area contributed by atoms with Gasteiger partial charge in [-0.05, 0) is 32.1 Å². The third-order valence-corrected chi connectivity index (χ3v) is 15.8. The summed E-state index contributed by atoms with van der Waals surface area (Å²) >= 11 is 0. The Balaban J connectivity index is 3.31. The van der Waals surface area contributed by atoms with Gasteiger partial charge in [-0.25, -0.2) is 0 Å². The topological polar surface area (TPSA) is 95.9 Å². The first kappa shape index (κ1) is 71.6. The van der Waals surface area contributed by atoms with Crippen molar-refractivity contribution < 1.29 is 24.5 Å². The maximum absolute atomic E-state index is 12.4. The Morgan fingerprint density at radius 1 is 0.370 bits per heavy atom. The van der Waals surface area contributed by atoms with Crippen molar-refractivity contribution in [1.82, 2.24) is 5.32 Å². The number of allylic oxidation sites excluding steroid dienone is 1. The second-order valence-corrected chi connectivity index (χ2v) is 23.2. The predicted octanol–water partition coefficient (Wildman–Crippen LogP) is 21.2. The minimum Gasteiger partial charge on any atom is -0.466 e. The lowest BCUT2D eigenvalue weighted by molar-refractivity contribution is -0.143. The van der Waals surface area contributed by atoms with Gasteiger partial charge >= 0.3 is 5.97 Å². The number of amides is 1. The highest BCUT2D eigenvalue weighted by atomic mass is 16.5. The molecule has 73 heavy (non-hydrogen) atoms. The van der Waals surface area contributed by atoms with E-state index in [2.05, 4.69) is 19.2 Å². The summed E-state index contributed by atoms with van der Waals surface area (Å²) in [4.78, 5) is 24.5. The second kappa shape index (κ2) is 63.1. The molecule has 0 saturated carbocycles. The van der Waals surface area contributed by atoms with Gasteiger partial charge < -0.3 is 20.3 Å². The summed E-state index contributed by atoms with van der Waals surface area (Å²) in [5, 5.41) is 23.1. The van der Waals surface area contributed by atoms with Gasteiger partial charge in [-0.3, -0.25) is 9.59 Å². The van der Waals surface area contributed by atoms with Gasteiger partial charge in [-0.2, -0.15) is 0 Å². The van der Waals surface area contributed by atoms with Crippen molar-refractivity contribution >= 4 is 11.9 Å². The summed E-state index contributed by atoms with van der Waals surface area (Å²) in [5.41, 5.74) is 0. The molecule has 0 aromatic heterocycles. The molecule has 0 aliphatic carbocycles. The first-order valence-electron chi connectivity index (χ1n) is 33.5. The van der Waals surface area contributed by atoms with Crippen LogP contribution in [0.15, 0.2) is 12.2 Å². The van der Waals surface area contributed by atoms with Crippen LogP contribution in [0, 0.1) is 0 Å². The van der Waals surface area contributed by atoms with E-state index in [0.717, 1.165) is 38.5 Å². The maximum Gasteiger partial charge on any atom is 0.305 e. The molecule has 0 saturated heterocycles. The monoisotopic (exact) mass is 1030 g/mol. The van der Waals surface area contributed by atoms with E-state index in [4.69, 9.17) is 4.74 Å². The molecule has 0 aliphatic heterocycles. The maximum atomic E-state index is 12.4. The van der Waals surface area contributed by atoms with Crippen molar-refractivity contribution in [3.63, 3.8) is 0 Å². The zero-order chi connectivity index (χ0) is 52.9. The van der Waals surface area contributed by atoms with Gasteiger partial charge in [0.15, 0.2) is 0 Å². The molecule has 0 aromatic carbocycles. The molecule has 0 heterocycles. The Morgan fingerprint density at radius 2 is 0.630 bits per heavy atom. The van der Waals surface area contributed by atoms with Crippen LogP contribution in [-0.4, -0.2) is 47.4 Å². The van der Waals surface area contributed by atoms with E-state index in [1.54, 1.807) is 6.08 Å². The molecule has 2 unspecified atom stereocenters. The summed E-state index contributed by atoms with van der Waals surface area (Å²) in [6.07, 6.45) is 77.2. The van der Waals surface area contributed by atoms with E-state index in [1.807, 2.05) is 6.08 Å². The number of aliphatic hydroxyl groups excluding tert-OH is 2. The first-order chi connectivity index (χ1) is 36.0. The third kappa shape index (κ3) is 59.7. The van der Waals surface area contributed by atoms with Gasteiger partial charge in [-0.15, -0.1) is 0 Å². The van der Waals surface area contributed by atoms with Crippen LogP contribution < -0.4 is 5.32 Å². The minimum atomic E-state index is -0.839. The lowest BCUT2D eigenvalue weighted by atomic mass is 10.0. The fraction of sp³-hybridized carbons (Fsp3) is 0.940. The number of rotatable bonds is 63. The molecule has 0 rings (SSSR count). The highest BCUT2D eigenvalue weighted by Crippen LogP contribution is 2.19. The third-order valence-electron chi connectivity index (χ3n) is 15.8. The van der Waals surface area contributed by atoms with E-state index >= 15 is 0 Å². The highest BCUT2D eigenvalue weighted by Gasteiger charge is 2.18. The fourth-order valence-corrected chi connectivity index (χ4v) is 10.7. The molecule has 434 valence electrons. The number of unbranched alkanes of at least 4 members (excludes halogenated alkanes) is 52. The number of hydrogen-bond donors (Lipinski definition) is 3. The second-order valence-electron chi connectivity index (χ2n) is 23.2. The van der Waals surface area contributed by atoms with Crippen LogP contribution in [0.1, 0.15) is 380 Å². The van der Waals surface area contributed by atoms with Crippen LogP contribution in [0.4, 0.5) is 0 Å². The van der Waals surface area contributed by atoms with Crippen LogP contribution in [0.2, 0.25) is 0 Å². The molecule has 0 spiro atoms. The molecule has 6 heteroatoms. The quantitative estimate of drug-likeness (QED) is 0.0320. The van der Waals surface area contributed by atoms with Crippen molar-refractivity contribution in [3.8, 4) is 0 Å². The zero-order valence-electron chi connectivity index (χ0n) is 49.6. The van der Waals surface area contributed by atoms with Gasteiger partial charge in [0.25, 0.3) is 0 Å². The zero-order valence-corrected chi connectivity index (χ0v) is 49.6. The number of nitrogens with one attached hydrogen (secondary N) is 1. The van der Waals surface area contributed by atoms with E-state index in [9.17, 15) is 19.8 Å². The SMILES string of the molecule is CCCCCCCCCCCC/C=C/C(O)C(CO)NC(=O)CCCCCCCCCCCCCCCCCCCCCCCCCCCCCCCCCCOC(=O)CCCCCCCCCCCCCC. The average Bonchev–Trinajstić information content (AvgIpc) is 3.39. The Hall–Kier alpha value is -1.40. The van der Waals surface area contributed by atoms with Crippen molar-refractivity contribution in [2.24, 2.45) is 0 Å². The van der Waals surface area contributed by atoms with Crippen molar-refractivity contribution in [3.05, 3.63) is 12.2 Å². The van der Waals surface area contributed by atoms with Crippen molar-refractivity contribution in [2.75, 3.05) is 13.2 Å². The average molecular weight is 1030 g/mol. The molecule has 1 amide bonds. The number of carbonyl (C=O) groups excluding carboxylic acids is 2. The summed E-state index contributed by atoms with van der Waals surface area (Å²) in [6.45, 7) is 4.93. The number of ether oxygens (including phenoxy) is 1. The lowest BCUT2D eigenvalue weighted by Crippen LogP contribution is -2.45. The molecule has 0 fully saturated rings. The summed E-state index contributed by atoms with van der Waals surface area (Å²) in [6, 6.07) is -0.622. The Morgan fingerprint density at radius 3 is 0.932 bits per heavy atom.